The number of carbonyl (C=O) groups excluding carboxylic acids is 3. The molecule has 1 spiro atoms. The maximum atomic E-state index is 14.4. The molecule has 12 nitrogen and oxygen atoms in total. The second kappa shape index (κ2) is 10.8. The van der Waals surface area contributed by atoms with Gasteiger partial charge in [0.2, 0.25) is 0 Å². The van der Waals surface area contributed by atoms with E-state index < -0.39 is 88.2 Å². The van der Waals surface area contributed by atoms with E-state index in [9.17, 15) is 24.6 Å². The highest BCUT2D eigenvalue weighted by atomic mass is 16.6. The number of ether oxygens (including phenoxy) is 6. The zero-order valence-electron chi connectivity index (χ0n) is 27.2. The van der Waals surface area contributed by atoms with E-state index in [1.807, 2.05) is 6.92 Å². The van der Waals surface area contributed by atoms with Crippen LogP contribution in [0.1, 0.15) is 37.0 Å². The highest BCUT2D eigenvalue weighted by Crippen LogP contribution is 2.80. The Labute approximate surface area is 268 Å². The number of aliphatic hydroxyl groups is 2. The van der Waals surface area contributed by atoms with Crippen molar-refractivity contribution in [1.29, 1.82) is 0 Å². The molecule has 14 atom stereocenters. The molecule has 12 heteroatoms. The van der Waals surface area contributed by atoms with Gasteiger partial charge in [-0.25, -0.2) is 4.79 Å². The number of ketones is 1. The number of likely N-dealkylation sites (tertiary alicyclic amines) is 1. The third-order valence-electron chi connectivity index (χ3n) is 12.9. The standard InChI is InChI=1S/C34H45NO11/c1-7-35-15-31(16-41-3)20(37)13-21(42-4)33-19-14-32(40)28(45-30(39)18-11-9-8-10-12-18)22(19)34(46-17(2)36,27(38)29(32)44-6)23(26(33)35)24(43-5)25(31)33/h8-12,19,21-29,38,40H,7,13-16H2,1-6H3/t19-,21+,22-,23+,24+,25-,26-,27+,28-,29+,31+,32+,33+,34-/m1/s1. The summed E-state index contributed by atoms with van der Waals surface area (Å²) in [6.45, 7) is 4.39. The van der Waals surface area contributed by atoms with Crippen LogP contribution in [-0.2, 0) is 38.0 Å². The molecule has 1 aromatic carbocycles. The maximum absolute atomic E-state index is 14.4. The summed E-state index contributed by atoms with van der Waals surface area (Å²) < 4.78 is 37.2. The molecule has 0 radical (unpaired) electrons. The van der Waals surface area contributed by atoms with Crippen LogP contribution in [0, 0.1) is 34.5 Å². The number of methoxy groups -OCH3 is 4. The third-order valence-corrected chi connectivity index (χ3v) is 12.9. The first-order valence-electron chi connectivity index (χ1n) is 16.2. The molecule has 1 aliphatic heterocycles. The molecule has 0 amide bonds. The van der Waals surface area contributed by atoms with Crippen LogP contribution < -0.4 is 0 Å². The number of fused-ring (bicyclic) bond motifs is 2. The maximum Gasteiger partial charge on any atom is 0.338 e. The fraction of sp³-hybridized carbons (Fsp3) is 0.735. The van der Waals surface area contributed by atoms with Crippen LogP contribution >= 0.6 is 0 Å². The Bertz CT molecular complexity index is 1410. The molecule has 2 N–H and O–H groups in total. The van der Waals surface area contributed by atoms with Gasteiger partial charge in [-0.15, -0.1) is 0 Å². The van der Waals surface area contributed by atoms with Gasteiger partial charge < -0.3 is 38.6 Å². The lowest BCUT2D eigenvalue weighted by Crippen LogP contribution is -2.81. The molecule has 1 heterocycles. The molecule has 6 aliphatic rings. The molecule has 5 aliphatic carbocycles. The van der Waals surface area contributed by atoms with Crippen molar-refractivity contribution >= 4 is 17.7 Å². The van der Waals surface area contributed by atoms with Gasteiger partial charge in [0.25, 0.3) is 0 Å². The Morgan fingerprint density at radius 1 is 1.02 bits per heavy atom. The monoisotopic (exact) mass is 643 g/mol. The summed E-state index contributed by atoms with van der Waals surface area (Å²) in [6.07, 6.45) is -5.12. The molecular weight excluding hydrogens is 598 g/mol. The average Bonchev–Trinajstić information content (AvgIpc) is 3.41. The number of piperidine rings is 1. The molecule has 0 aromatic heterocycles. The van der Waals surface area contributed by atoms with Gasteiger partial charge in [0.15, 0.2) is 5.60 Å². The lowest BCUT2D eigenvalue weighted by atomic mass is 9.42. The lowest BCUT2D eigenvalue weighted by Gasteiger charge is -2.69. The predicted octanol–water partition coefficient (Wildman–Crippen LogP) is 0.856. The fourth-order valence-corrected chi connectivity index (χ4v) is 12.1. The Balaban J connectivity index is 1.53. The van der Waals surface area contributed by atoms with Crippen LogP contribution in [-0.4, -0.2) is 129 Å². The van der Waals surface area contributed by atoms with Crippen LogP contribution in [0.15, 0.2) is 30.3 Å². The minimum Gasteiger partial charge on any atom is -0.455 e. The van der Waals surface area contributed by atoms with Crippen LogP contribution in [0.3, 0.4) is 0 Å². The largest absolute Gasteiger partial charge is 0.455 e. The van der Waals surface area contributed by atoms with Gasteiger partial charge in [0.05, 0.1) is 29.8 Å². The van der Waals surface area contributed by atoms with Gasteiger partial charge in [0, 0.05) is 77.5 Å². The van der Waals surface area contributed by atoms with E-state index in [-0.39, 0.29) is 31.3 Å². The number of aliphatic hydroxyl groups excluding tert-OH is 1. The zero-order valence-corrected chi connectivity index (χ0v) is 27.2. The van der Waals surface area contributed by atoms with Crippen molar-refractivity contribution in [3.63, 3.8) is 0 Å². The van der Waals surface area contributed by atoms with Gasteiger partial charge >= 0.3 is 11.9 Å². The first-order chi connectivity index (χ1) is 22.0. The van der Waals surface area contributed by atoms with Gasteiger partial charge in [-0.1, -0.05) is 25.1 Å². The molecule has 7 rings (SSSR count). The Morgan fingerprint density at radius 2 is 1.74 bits per heavy atom. The van der Waals surface area contributed by atoms with Crippen molar-refractivity contribution in [2.45, 2.75) is 74.5 Å². The highest BCUT2D eigenvalue weighted by molar-refractivity contribution is 5.90. The summed E-state index contributed by atoms with van der Waals surface area (Å²) in [6, 6.07) is 8.10. The summed E-state index contributed by atoms with van der Waals surface area (Å²) in [5.74, 6) is -3.88. The van der Waals surface area contributed by atoms with Crippen molar-refractivity contribution in [3.05, 3.63) is 35.9 Å². The molecule has 0 unspecified atom stereocenters. The van der Waals surface area contributed by atoms with Crippen molar-refractivity contribution in [3.8, 4) is 0 Å². The Morgan fingerprint density at radius 3 is 2.33 bits per heavy atom. The summed E-state index contributed by atoms with van der Waals surface area (Å²) in [5.41, 5.74) is -5.11. The molecule has 5 saturated carbocycles. The highest BCUT2D eigenvalue weighted by Gasteiger charge is 2.92. The molecule has 1 saturated heterocycles. The van der Waals surface area contributed by atoms with Gasteiger partial charge in [-0.3, -0.25) is 14.5 Å². The number of esters is 2. The van der Waals surface area contributed by atoms with Crippen LogP contribution in [0.4, 0.5) is 0 Å². The van der Waals surface area contributed by atoms with E-state index in [0.29, 0.717) is 18.7 Å². The van der Waals surface area contributed by atoms with Crippen molar-refractivity contribution < 1.29 is 53.0 Å². The molecule has 252 valence electrons. The average molecular weight is 644 g/mol. The number of hydrogen-bond acceptors (Lipinski definition) is 12. The SMILES string of the molecule is CCN1C[C@]2(COC)C(=O)C[C@H](OC)[C@@]34[C@@H]5C[C@]6(O)[C@H](OC(=O)c7ccccc7)[C@@H]5[C@@](OC(C)=O)([C@@H]([C@H](OC)[C@H]23)[C@@H]14)[C@@H](O)[C@@H]6OC. The number of carbonyl (C=O) groups is 3. The number of nitrogens with zero attached hydrogens (tertiary/aromatic N) is 1. The predicted molar refractivity (Wildman–Crippen MR) is 159 cm³/mol. The second-order valence-corrected chi connectivity index (χ2v) is 14.2. The number of hydrogen-bond donors (Lipinski definition) is 2. The number of rotatable bonds is 9. The van der Waals surface area contributed by atoms with Gasteiger partial charge in [0.1, 0.15) is 29.7 Å². The van der Waals surface area contributed by atoms with E-state index in [2.05, 4.69) is 4.90 Å². The first kappa shape index (κ1) is 32.1. The topological polar surface area (TPSA) is 150 Å². The molecule has 46 heavy (non-hydrogen) atoms. The molecule has 6 fully saturated rings. The van der Waals surface area contributed by atoms with Crippen LogP contribution in [0.25, 0.3) is 0 Å². The smallest absolute Gasteiger partial charge is 0.338 e. The first-order valence-corrected chi connectivity index (χ1v) is 16.2. The summed E-state index contributed by atoms with van der Waals surface area (Å²) in [4.78, 5) is 43.6. The van der Waals surface area contributed by atoms with Crippen molar-refractivity contribution in [1.82, 2.24) is 4.90 Å². The van der Waals surface area contributed by atoms with E-state index >= 15 is 0 Å². The normalized spacial score (nSPS) is 48.3. The van der Waals surface area contributed by atoms with Crippen LogP contribution in [0.2, 0.25) is 0 Å². The number of Topliss-reactive ketones (excluding diaryl/α,β-unsaturated/α-hetero) is 1. The summed E-state index contributed by atoms with van der Waals surface area (Å²) >= 11 is 0. The minimum absolute atomic E-state index is 0.00523. The lowest BCUT2D eigenvalue weighted by molar-refractivity contribution is -0.315. The molecule has 1 aromatic rings. The Kier molecular flexibility index (Phi) is 7.53. The quantitative estimate of drug-likeness (QED) is 0.368. The van der Waals surface area contributed by atoms with Crippen LogP contribution in [0.5, 0.6) is 0 Å². The Hall–Kier alpha value is -2.45. The zero-order chi connectivity index (χ0) is 33.0. The second-order valence-electron chi connectivity index (χ2n) is 14.2. The van der Waals surface area contributed by atoms with Gasteiger partial charge in [-0.05, 0) is 31.0 Å². The summed E-state index contributed by atoms with van der Waals surface area (Å²) in [5, 5.41) is 25.2. The minimum atomic E-state index is -1.85. The van der Waals surface area contributed by atoms with Crippen molar-refractivity contribution in [2.75, 3.05) is 48.1 Å². The van der Waals surface area contributed by atoms with Gasteiger partial charge in [-0.2, -0.15) is 0 Å². The molecule has 7 bridgehead atoms. The van der Waals surface area contributed by atoms with E-state index in [4.69, 9.17) is 28.4 Å². The molecular formula is C34H45NO11. The van der Waals surface area contributed by atoms with E-state index in [0.717, 1.165) is 0 Å². The van der Waals surface area contributed by atoms with E-state index in [1.165, 1.54) is 14.0 Å². The summed E-state index contributed by atoms with van der Waals surface area (Å²) in [7, 11) is 6.14. The number of benzene rings is 1. The van der Waals surface area contributed by atoms with E-state index in [1.54, 1.807) is 51.7 Å². The third kappa shape index (κ3) is 3.56. The fourth-order valence-electron chi connectivity index (χ4n) is 12.1. The van der Waals surface area contributed by atoms with Crippen molar-refractivity contribution in [2.24, 2.45) is 34.5 Å².